The summed E-state index contributed by atoms with van der Waals surface area (Å²) in [5, 5.41) is 19.7. The van der Waals surface area contributed by atoms with Crippen molar-refractivity contribution in [3.63, 3.8) is 0 Å². The Morgan fingerprint density at radius 3 is 2.79 bits per heavy atom. The van der Waals surface area contributed by atoms with E-state index in [0.717, 1.165) is 0 Å². The molecule has 2 aromatic rings. The Kier molecular flexibility index (Phi) is 3.90. The highest BCUT2D eigenvalue weighted by atomic mass is 16.5. The van der Waals surface area contributed by atoms with E-state index in [0.29, 0.717) is 23.3 Å². The number of aliphatic hydroxyl groups is 2. The third-order valence-corrected chi connectivity index (χ3v) is 4.36. The number of nitrogens with two attached hydrogens (primary N) is 1. The summed E-state index contributed by atoms with van der Waals surface area (Å²) in [5.41, 5.74) is 5.39. The number of rotatable bonds is 4. The molecule has 0 aromatic carbocycles. The van der Waals surface area contributed by atoms with Gasteiger partial charge in [0.25, 0.3) is 0 Å². The maximum Gasteiger partial charge on any atom is 0.224 e. The monoisotopic (exact) mass is 336 g/mol. The number of carbonyl (C=O) groups is 1. The van der Waals surface area contributed by atoms with E-state index >= 15 is 0 Å². The average Bonchev–Trinajstić information content (AvgIpc) is 3.07. The molecule has 10 nitrogen and oxygen atoms in total. The SMILES string of the molecule is CN(C)c1nc(N)nc2c1ncn2[C@@H]1O[C@H](CO)[C@@H](O)[C@@]1(C)C=O. The quantitative estimate of drug-likeness (QED) is 0.595. The summed E-state index contributed by atoms with van der Waals surface area (Å²) < 4.78 is 7.23. The van der Waals surface area contributed by atoms with Gasteiger partial charge in [-0.1, -0.05) is 0 Å². The van der Waals surface area contributed by atoms with E-state index in [1.807, 2.05) is 0 Å². The van der Waals surface area contributed by atoms with Crippen molar-refractivity contribution in [2.24, 2.45) is 5.41 Å². The molecule has 0 saturated carbocycles. The molecule has 2 aromatic heterocycles. The molecule has 1 saturated heterocycles. The number of aromatic nitrogens is 4. The predicted molar refractivity (Wildman–Crippen MR) is 85.2 cm³/mol. The highest BCUT2D eigenvalue weighted by molar-refractivity contribution is 5.84. The number of hydrogen-bond acceptors (Lipinski definition) is 9. The average molecular weight is 336 g/mol. The van der Waals surface area contributed by atoms with Crippen molar-refractivity contribution in [1.82, 2.24) is 19.5 Å². The number of carbonyl (C=O) groups excluding carboxylic acids is 1. The van der Waals surface area contributed by atoms with Crippen molar-refractivity contribution in [3.8, 4) is 0 Å². The molecule has 0 spiro atoms. The van der Waals surface area contributed by atoms with Crippen LogP contribution < -0.4 is 10.6 Å². The molecular weight excluding hydrogens is 316 g/mol. The van der Waals surface area contributed by atoms with E-state index < -0.39 is 30.5 Å². The first-order chi connectivity index (χ1) is 11.3. The summed E-state index contributed by atoms with van der Waals surface area (Å²) in [6.45, 7) is 1.15. The molecule has 4 N–H and O–H groups in total. The van der Waals surface area contributed by atoms with Gasteiger partial charge in [-0.15, -0.1) is 0 Å². The molecule has 3 rings (SSSR count). The largest absolute Gasteiger partial charge is 0.394 e. The first kappa shape index (κ1) is 16.6. The number of imidazole rings is 1. The number of hydrogen-bond donors (Lipinski definition) is 3. The molecule has 10 heteroatoms. The second kappa shape index (κ2) is 5.65. The van der Waals surface area contributed by atoms with E-state index in [1.165, 1.54) is 10.9 Å². The normalized spacial score (nSPS) is 30.0. The lowest BCUT2D eigenvalue weighted by Gasteiger charge is -2.27. The molecule has 3 heterocycles. The molecule has 1 aliphatic rings. The standard InChI is InChI=1S/C14H20N6O4/c1-14(5-22)9(23)7(4-21)24-12(14)20-6-16-8-10(19(2)3)17-13(15)18-11(8)20/h5-7,9,12,21,23H,4H2,1-3H3,(H2,15,17,18)/t7-,9-,12-,14-/m1/s1. The van der Waals surface area contributed by atoms with E-state index in [2.05, 4.69) is 15.0 Å². The molecule has 1 aliphatic heterocycles. The zero-order valence-corrected chi connectivity index (χ0v) is 13.6. The van der Waals surface area contributed by atoms with Gasteiger partial charge in [-0.3, -0.25) is 4.57 Å². The van der Waals surface area contributed by atoms with Crippen LogP contribution in [0.2, 0.25) is 0 Å². The van der Waals surface area contributed by atoms with E-state index in [4.69, 9.17) is 10.5 Å². The van der Waals surface area contributed by atoms with Gasteiger partial charge in [-0.25, -0.2) is 4.98 Å². The maximum atomic E-state index is 11.7. The molecule has 0 amide bonds. The third kappa shape index (κ3) is 2.22. The molecule has 0 aliphatic carbocycles. The number of aliphatic hydroxyl groups excluding tert-OH is 2. The van der Waals surface area contributed by atoms with Crippen LogP contribution in [0.4, 0.5) is 11.8 Å². The van der Waals surface area contributed by atoms with Gasteiger partial charge >= 0.3 is 0 Å². The fraction of sp³-hybridized carbons (Fsp3) is 0.571. The minimum atomic E-state index is -1.26. The fourth-order valence-corrected chi connectivity index (χ4v) is 2.97. The van der Waals surface area contributed by atoms with Crippen LogP contribution >= 0.6 is 0 Å². The minimum Gasteiger partial charge on any atom is -0.394 e. The highest BCUT2D eigenvalue weighted by Gasteiger charge is 2.54. The number of aldehydes is 1. The summed E-state index contributed by atoms with van der Waals surface area (Å²) in [6, 6.07) is 0. The Balaban J connectivity index is 2.18. The van der Waals surface area contributed by atoms with Crippen molar-refractivity contribution < 1.29 is 19.7 Å². The van der Waals surface area contributed by atoms with Gasteiger partial charge in [0.05, 0.1) is 24.5 Å². The minimum absolute atomic E-state index is 0.0537. The van der Waals surface area contributed by atoms with Crippen LogP contribution in [0.5, 0.6) is 0 Å². The smallest absolute Gasteiger partial charge is 0.224 e. The van der Waals surface area contributed by atoms with Gasteiger partial charge in [0.15, 0.2) is 23.2 Å². The summed E-state index contributed by atoms with van der Waals surface area (Å²) in [6.07, 6.45) is -0.826. The van der Waals surface area contributed by atoms with Crippen LogP contribution in [0.25, 0.3) is 11.2 Å². The van der Waals surface area contributed by atoms with Crippen molar-refractivity contribution in [2.75, 3.05) is 31.3 Å². The first-order valence-electron chi connectivity index (χ1n) is 7.41. The van der Waals surface area contributed by atoms with Crippen LogP contribution in [0.15, 0.2) is 6.33 Å². The van der Waals surface area contributed by atoms with Gasteiger partial charge in [0.2, 0.25) is 5.95 Å². The summed E-state index contributed by atoms with van der Waals surface area (Å²) in [7, 11) is 3.60. The topological polar surface area (TPSA) is 140 Å². The van der Waals surface area contributed by atoms with Crippen molar-refractivity contribution in [1.29, 1.82) is 0 Å². The molecule has 0 bridgehead atoms. The van der Waals surface area contributed by atoms with E-state index in [1.54, 1.807) is 25.9 Å². The summed E-state index contributed by atoms with van der Waals surface area (Å²) in [5.74, 6) is 0.583. The van der Waals surface area contributed by atoms with Gasteiger partial charge in [0, 0.05) is 14.1 Å². The molecule has 4 atom stereocenters. The Morgan fingerprint density at radius 1 is 1.50 bits per heavy atom. The molecule has 0 radical (unpaired) electrons. The second-order valence-corrected chi connectivity index (χ2v) is 6.26. The molecule has 1 fully saturated rings. The molecule has 24 heavy (non-hydrogen) atoms. The van der Waals surface area contributed by atoms with Gasteiger partial charge in [-0.05, 0) is 6.92 Å². The van der Waals surface area contributed by atoms with Crippen LogP contribution in [-0.4, -0.2) is 68.9 Å². The zero-order valence-electron chi connectivity index (χ0n) is 13.6. The van der Waals surface area contributed by atoms with Gasteiger partial charge in [-0.2, -0.15) is 9.97 Å². The lowest BCUT2D eigenvalue weighted by molar-refractivity contribution is -0.124. The van der Waals surface area contributed by atoms with E-state index in [-0.39, 0.29) is 5.95 Å². The Bertz CT molecular complexity index is 778. The number of anilines is 2. The number of ether oxygens (including phenoxy) is 1. The van der Waals surface area contributed by atoms with Crippen LogP contribution in [0.1, 0.15) is 13.2 Å². The lowest BCUT2D eigenvalue weighted by atomic mass is 9.84. The van der Waals surface area contributed by atoms with Gasteiger partial charge in [0.1, 0.15) is 12.4 Å². The Morgan fingerprint density at radius 2 is 2.21 bits per heavy atom. The Hall–Kier alpha value is -2.30. The number of nitrogens with zero attached hydrogens (tertiary/aromatic N) is 5. The highest BCUT2D eigenvalue weighted by Crippen LogP contribution is 2.45. The molecule has 0 unspecified atom stereocenters. The lowest BCUT2D eigenvalue weighted by Crippen LogP contribution is -2.39. The predicted octanol–water partition coefficient (Wildman–Crippen LogP) is -1.07. The van der Waals surface area contributed by atoms with Crippen molar-refractivity contribution in [2.45, 2.75) is 25.4 Å². The van der Waals surface area contributed by atoms with Crippen LogP contribution in [0.3, 0.4) is 0 Å². The summed E-state index contributed by atoms with van der Waals surface area (Å²) >= 11 is 0. The molecule has 130 valence electrons. The fourth-order valence-electron chi connectivity index (χ4n) is 2.97. The second-order valence-electron chi connectivity index (χ2n) is 6.26. The van der Waals surface area contributed by atoms with Crippen molar-refractivity contribution >= 4 is 29.2 Å². The number of fused-ring (bicyclic) bond motifs is 1. The maximum absolute atomic E-state index is 11.7. The third-order valence-electron chi connectivity index (χ3n) is 4.36. The molecular formula is C14H20N6O4. The number of nitrogen functional groups attached to an aromatic ring is 1. The van der Waals surface area contributed by atoms with Crippen LogP contribution in [-0.2, 0) is 9.53 Å². The first-order valence-corrected chi connectivity index (χ1v) is 7.41. The van der Waals surface area contributed by atoms with E-state index in [9.17, 15) is 15.0 Å². The van der Waals surface area contributed by atoms with Crippen LogP contribution in [0, 0.1) is 5.41 Å². The van der Waals surface area contributed by atoms with Gasteiger partial charge < -0.3 is 30.4 Å². The summed E-state index contributed by atoms with van der Waals surface area (Å²) in [4.78, 5) is 26.1. The van der Waals surface area contributed by atoms with Crippen molar-refractivity contribution in [3.05, 3.63) is 6.33 Å². The zero-order chi connectivity index (χ0) is 17.6. The Labute approximate surface area is 137 Å².